The van der Waals surface area contributed by atoms with E-state index in [2.05, 4.69) is 17.3 Å². The van der Waals surface area contributed by atoms with Crippen LogP contribution in [0.25, 0.3) is 0 Å². The molecular formula is C16H30BN3O2. The predicted molar refractivity (Wildman–Crippen MR) is 91.2 cm³/mol. The molecule has 0 saturated carbocycles. The number of hydrogen-bond acceptors (Lipinski definition) is 5. The van der Waals surface area contributed by atoms with Gasteiger partial charge in [-0.2, -0.15) is 0 Å². The molecule has 0 aliphatic carbocycles. The van der Waals surface area contributed by atoms with Gasteiger partial charge in [0.2, 0.25) is 0 Å². The van der Waals surface area contributed by atoms with E-state index in [0.717, 1.165) is 12.0 Å². The van der Waals surface area contributed by atoms with Crippen LogP contribution in [0.3, 0.4) is 0 Å². The second-order valence-corrected chi connectivity index (χ2v) is 7.53. The molecule has 2 saturated heterocycles. The van der Waals surface area contributed by atoms with E-state index in [1.54, 1.807) is 0 Å². The zero-order chi connectivity index (χ0) is 16.4. The van der Waals surface area contributed by atoms with E-state index >= 15 is 0 Å². The maximum atomic E-state index is 7.63. The molecule has 0 aromatic rings. The maximum Gasteiger partial charge on any atom is 0.497 e. The summed E-state index contributed by atoms with van der Waals surface area (Å²) in [6, 6.07) is 0. The zero-order valence-corrected chi connectivity index (χ0v) is 14.6. The maximum absolute atomic E-state index is 7.63. The highest BCUT2D eigenvalue weighted by atomic mass is 16.7. The minimum absolute atomic E-state index is 0.367. The van der Waals surface area contributed by atoms with Gasteiger partial charge in [0, 0.05) is 18.2 Å². The summed E-state index contributed by atoms with van der Waals surface area (Å²) in [6.45, 7) is 11.4. The van der Waals surface area contributed by atoms with Gasteiger partial charge in [0.15, 0.2) is 0 Å². The van der Waals surface area contributed by atoms with Gasteiger partial charge >= 0.3 is 7.12 Å². The predicted octanol–water partition coefficient (Wildman–Crippen LogP) is 2.08. The van der Waals surface area contributed by atoms with Gasteiger partial charge in [-0.15, -0.1) is 0 Å². The topological polar surface area (TPSA) is 57.6 Å². The lowest BCUT2D eigenvalue weighted by molar-refractivity contribution is 0.00578. The van der Waals surface area contributed by atoms with Crippen molar-refractivity contribution in [3.05, 3.63) is 11.7 Å². The molecule has 0 radical (unpaired) electrons. The molecule has 0 spiro atoms. The number of nitrogens with zero attached hydrogens (tertiary/aromatic N) is 1. The first-order valence-electron chi connectivity index (χ1n) is 8.23. The van der Waals surface area contributed by atoms with Gasteiger partial charge in [-0.25, -0.2) is 0 Å². The number of likely N-dealkylation sites (tertiary alicyclic amines) is 1. The van der Waals surface area contributed by atoms with Crippen LogP contribution in [0.2, 0.25) is 0 Å². The Morgan fingerprint density at radius 1 is 1.23 bits per heavy atom. The first kappa shape index (κ1) is 17.5. The smallest absolute Gasteiger partial charge is 0.399 e. The highest BCUT2D eigenvalue weighted by molar-refractivity contribution is 6.60. The van der Waals surface area contributed by atoms with Crippen LogP contribution in [0.4, 0.5) is 0 Å². The molecule has 2 N–H and O–H groups in total. The molecule has 2 aliphatic heterocycles. The lowest BCUT2D eigenvalue weighted by atomic mass is 9.79. The molecule has 2 fully saturated rings. The van der Waals surface area contributed by atoms with Crippen molar-refractivity contribution in [3.63, 3.8) is 0 Å². The Morgan fingerprint density at radius 3 is 2.27 bits per heavy atom. The fourth-order valence-electron chi connectivity index (χ4n) is 2.77. The molecule has 6 heteroatoms. The van der Waals surface area contributed by atoms with Crippen LogP contribution in [-0.4, -0.2) is 56.1 Å². The third-order valence-electron chi connectivity index (χ3n) is 5.21. The van der Waals surface area contributed by atoms with Crippen LogP contribution in [0, 0.1) is 11.3 Å². The molecule has 22 heavy (non-hydrogen) atoms. The molecule has 0 amide bonds. The first-order valence-corrected chi connectivity index (χ1v) is 8.23. The molecule has 0 aromatic carbocycles. The zero-order valence-electron chi connectivity index (χ0n) is 14.6. The van der Waals surface area contributed by atoms with Crippen molar-refractivity contribution in [2.75, 3.05) is 26.7 Å². The van der Waals surface area contributed by atoms with Gasteiger partial charge in [-0.05, 0) is 72.8 Å². The van der Waals surface area contributed by atoms with Crippen molar-refractivity contribution < 1.29 is 9.31 Å². The van der Waals surface area contributed by atoms with Crippen molar-refractivity contribution in [1.29, 1.82) is 5.41 Å². The van der Waals surface area contributed by atoms with Gasteiger partial charge in [0.25, 0.3) is 0 Å². The highest BCUT2D eigenvalue weighted by Gasteiger charge is 2.52. The fourth-order valence-corrected chi connectivity index (χ4v) is 2.77. The summed E-state index contributed by atoms with van der Waals surface area (Å²) in [5.74, 6) is 0.706. The molecule has 2 rings (SSSR count). The van der Waals surface area contributed by atoms with Crippen LogP contribution in [0.15, 0.2) is 11.7 Å². The van der Waals surface area contributed by atoms with Crippen LogP contribution in [-0.2, 0) is 9.31 Å². The van der Waals surface area contributed by atoms with E-state index in [1.807, 2.05) is 33.9 Å². The summed E-state index contributed by atoms with van der Waals surface area (Å²) < 4.78 is 12.0. The van der Waals surface area contributed by atoms with Crippen LogP contribution < -0.4 is 5.32 Å². The number of piperidine rings is 1. The normalized spacial score (nSPS) is 26.2. The largest absolute Gasteiger partial charge is 0.497 e. The monoisotopic (exact) mass is 307 g/mol. The molecule has 5 nitrogen and oxygen atoms in total. The van der Waals surface area contributed by atoms with E-state index in [9.17, 15) is 0 Å². The summed E-state index contributed by atoms with van der Waals surface area (Å²) in [6.07, 6.45) is 5.67. The lowest BCUT2D eigenvalue weighted by Crippen LogP contribution is -2.41. The summed E-state index contributed by atoms with van der Waals surface area (Å²) >= 11 is 0. The minimum atomic E-state index is -0.465. The van der Waals surface area contributed by atoms with Gasteiger partial charge in [0.1, 0.15) is 0 Å². The third-order valence-corrected chi connectivity index (χ3v) is 5.21. The fraction of sp³-hybridized carbons (Fsp3) is 0.812. The van der Waals surface area contributed by atoms with Gasteiger partial charge in [0.05, 0.1) is 11.2 Å². The Bertz CT molecular complexity index is 413. The third kappa shape index (κ3) is 3.92. The molecule has 0 unspecified atom stereocenters. The standard InChI is InChI=1S/C16H30BN3O2/c1-15(2)16(3,4)22-17(21-15)14(10-18)12-19-11-13-6-8-20(5)9-7-13/h10,12-13,18-19H,6-9,11H2,1-5H3/b14-12+,18-10?. The van der Waals surface area contributed by atoms with E-state index in [4.69, 9.17) is 14.7 Å². The highest BCUT2D eigenvalue weighted by Crippen LogP contribution is 2.38. The Morgan fingerprint density at radius 2 is 1.77 bits per heavy atom. The second-order valence-electron chi connectivity index (χ2n) is 7.53. The molecule has 2 heterocycles. The molecule has 124 valence electrons. The Balaban J connectivity index is 1.88. The first-order chi connectivity index (χ1) is 10.2. The van der Waals surface area contributed by atoms with E-state index in [-0.39, 0.29) is 11.2 Å². The van der Waals surface area contributed by atoms with E-state index in [0.29, 0.717) is 5.92 Å². The van der Waals surface area contributed by atoms with Crippen molar-refractivity contribution in [3.8, 4) is 0 Å². The molecule has 2 aliphatic rings. The van der Waals surface area contributed by atoms with Crippen LogP contribution >= 0.6 is 0 Å². The van der Waals surface area contributed by atoms with Crippen LogP contribution in [0.1, 0.15) is 40.5 Å². The summed E-state index contributed by atoms with van der Waals surface area (Å²) in [4.78, 5) is 2.37. The van der Waals surface area contributed by atoms with Crippen LogP contribution in [0.5, 0.6) is 0 Å². The van der Waals surface area contributed by atoms with Crippen molar-refractivity contribution in [2.45, 2.75) is 51.7 Å². The summed E-state index contributed by atoms with van der Waals surface area (Å²) in [5, 5.41) is 11.0. The van der Waals surface area contributed by atoms with E-state index < -0.39 is 7.12 Å². The average molecular weight is 307 g/mol. The number of nitrogens with one attached hydrogen (secondary N) is 2. The SMILES string of the molecule is CN1CCC(CN/C=C(\C=N)B2OC(C)(C)C(C)(C)O2)CC1. The molecular weight excluding hydrogens is 277 g/mol. The quantitative estimate of drug-likeness (QED) is 0.603. The van der Waals surface area contributed by atoms with Crippen molar-refractivity contribution in [2.24, 2.45) is 5.92 Å². The average Bonchev–Trinajstić information content (AvgIpc) is 2.65. The Hall–Kier alpha value is -0.845. The number of allylic oxidation sites excluding steroid dienone is 1. The minimum Gasteiger partial charge on any atom is -0.399 e. The summed E-state index contributed by atoms with van der Waals surface area (Å²) in [7, 11) is 1.71. The summed E-state index contributed by atoms with van der Waals surface area (Å²) in [5.41, 5.74) is 0.00752. The lowest BCUT2D eigenvalue weighted by Gasteiger charge is -2.32. The number of hydrogen-bond donors (Lipinski definition) is 2. The van der Waals surface area contributed by atoms with E-state index in [1.165, 1.54) is 32.1 Å². The van der Waals surface area contributed by atoms with Gasteiger partial charge < -0.3 is 24.9 Å². The number of rotatable bonds is 5. The molecule has 0 bridgehead atoms. The Labute approximate surface area is 135 Å². The molecule has 0 aromatic heterocycles. The molecule has 0 atom stereocenters. The van der Waals surface area contributed by atoms with Crippen molar-refractivity contribution in [1.82, 2.24) is 10.2 Å². The second kappa shape index (κ2) is 6.73. The van der Waals surface area contributed by atoms with Gasteiger partial charge in [-0.1, -0.05) is 0 Å². The van der Waals surface area contributed by atoms with Gasteiger partial charge in [-0.3, -0.25) is 0 Å². The van der Waals surface area contributed by atoms with Crippen molar-refractivity contribution >= 4 is 13.3 Å². The Kier molecular flexibility index (Phi) is 5.35.